The summed E-state index contributed by atoms with van der Waals surface area (Å²) < 4.78 is 29.5. The summed E-state index contributed by atoms with van der Waals surface area (Å²) in [7, 11) is -3.28. The average molecular weight is 354 g/mol. The molecular weight excluding hydrogens is 332 g/mol. The fourth-order valence-electron chi connectivity index (χ4n) is 2.61. The predicted octanol–water partition coefficient (Wildman–Crippen LogP) is 1.47. The summed E-state index contributed by atoms with van der Waals surface area (Å²) in [5.74, 6) is -1.00. The molecule has 1 saturated heterocycles. The molecule has 8 heteroatoms. The number of esters is 1. The fraction of sp³-hybridized carbons (Fsp3) is 0.500. The third kappa shape index (κ3) is 4.78. The van der Waals surface area contributed by atoms with Crippen LogP contribution in [0.3, 0.4) is 0 Å². The quantitative estimate of drug-likeness (QED) is 0.809. The molecule has 0 bridgehead atoms. The Kier molecular flexibility index (Phi) is 5.95. The molecule has 0 spiro atoms. The fourth-order valence-corrected chi connectivity index (χ4v) is 3.52. The molecule has 0 aliphatic carbocycles. The number of hydrogen-bond donors (Lipinski definition) is 1. The molecule has 7 nitrogen and oxygen atoms in total. The lowest BCUT2D eigenvalue weighted by molar-refractivity contribution is -0.120. The van der Waals surface area contributed by atoms with Gasteiger partial charge in [-0.25, -0.2) is 17.5 Å². The largest absolute Gasteiger partial charge is 0.462 e. The number of piperidine rings is 1. The number of nitrogens with one attached hydrogen (secondary N) is 1. The maximum atomic E-state index is 12.3. The van der Waals surface area contributed by atoms with Gasteiger partial charge in [0.2, 0.25) is 15.9 Å². The first kappa shape index (κ1) is 18.4. The van der Waals surface area contributed by atoms with E-state index < -0.39 is 16.0 Å². The van der Waals surface area contributed by atoms with Gasteiger partial charge >= 0.3 is 5.97 Å². The van der Waals surface area contributed by atoms with Crippen molar-refractivity contribution in [3.8, 4) is 0 Å². The minimum absolute atomic E-state index is 0.200. The molecule has 24 heavy (non-hydrogen) atoms. The number of hydrogen-bond acceptors (Lipinski definition) is 5. The molecule has 1 fully saturated rings. The second-order valence-electron chi connectivity index (χ2n) is 5.75. The third-order valence-electron chi connectivity index (χ3n) is 3.89. The minimum Gasteiger partial charge on any atom is -0.462 e. The maximum Gasteiger partial charge on any atom is 0.338 e. The van der Waals surface area contributed by atoms with Gasteiger partial charge in [-0.3, -0.25) is 4.79 Å². The van der Waals surface area contributed by atoms with E-state index in [2.05, 4.69) is 5.32 Å². The standard InChI is InChI=1S/C16H22N2O5S/c1-3-23-16(20)12-6-8-14(9-7-12)17-15(19)13-5-4-10-18(11-13)24(2,21)22/h6-9,13H,3-5,10-11H2,1-2H3,(H,17,19)/t13-/m0/s1. The minimum atomic E-state index is -3.28. The molecule has 1 aromatic carbocycles. The Hall–Kier alpha value is -1.93. The van der Waals surface area contributed by atoms with Gasteiger partial charge in [-0.1, -0.05) is 0 Å². The lowest BCUT2D eigenvalue weighted by Crippen LogP contribution is -2.43. The van der Waals surface area contributed by atoms with Crippen LogP contribution in [-0.2, 0) is 19.6 Å². The molecule has 1 atom stereocenters. The predicted molar refractivity (Wildman–Crippen MR) is 90.2 cm³/mol. The van der Waals surface area contributed by atoms with Gasteiger partial charge in [0, 0.05) is 18.8 Å². The van der Waals surface area contributed by atoms with E-state index in [9.17, 15) is 18.0 Å². The van der Waals surface area contributed by atoms with Crippen molar-refractivity contribution in [3.63, 3.8) is 0 Å². The highest BCUT2D eigenvalue weighted by Gasteiger charge is 2.30. The number of carbonyl (C=O) groups is 2. The van der Waals surface area contributed by atoms with Crippen LogP contribution in [0.4, 0.5) is 5.69 Å². The normalized spacial score (nSPS) is 18.8. The Morgan fingerprint density at radius 1 is 1.29 bits per heavy atom. The molecule has 1 aromatic rings. The zero-order valence-electron chi connectivity index (χ0n) is 13.8. The summed E-state index contributed by atoms with van der Waals surface area (Å²) in [5.41, 5.74) is 0.972. The molecule has 0 saturated carbocycles. The van der Waals surface area contributed by atoms with Gasteiger partial charge in [-0.05, 0) is 44.0 Å². The van der Waals surface area contributed by atoms with Gasteiger partial charge in [0.15, 0.2) is 0 Å². The Morgan fingerprint density at radius 2 is 1.96 bits per heavy atom. The molecule has 0 unspecified atom stereocenters. The Balaban J connectivity index is 1.98. The van der Waals surface area contributed by atoms with E-state index >= 15 is 0 Å². The van der Waals surface area contributed by atoms with Crippen molar-refractivity contribution in [3.05, 3.63) is 29.8 Å². The number of carbonyl (C=O) groups excluding carboxylic acids is 2. The third-order valence-corrected chi connectivity index (χ3v) is 5.16. The molecule has 1 heterocycles. The van der Waals surface area contributed by atoms with Crippen molar-refractivity contribution in [1.82, 2.24) is 4.31 Å². The van der Waals surface area contributed by atoms with Crippen molar-refractivity contribution in [1.29, 1.82) is 0 Å². The van der Waals surface area contributed by atoms with E-state index in [1.807, 2.05) is 0 Å². The molecule has 1 amide bonds. The first-order valence-corrected chi connectivity index (χ1v) is 9.69. The molecule has 132 valence electrons. The summed E-state index contributed by atoms with van der Waals surface area (Å²) in [6.07, 6.45) is 2.47. The summed E-state index contributed by atoms with van der Waals surface area (Å²) in [6.45, 7) is 2.69. The van der Waals surface area contributed by atoms with Crippen molar-refractivity contribution in [2.45, 2.75) is 19.8 Å². The summed E-state index contributed by atoms with van der Waals surface area (Å²) in [4.78, 5) is 23.9. The summed E-state index contributed by atoms with van der Waals surface area (Å²) in [5, 5.41) is 2.77. The summed E-state index contributed by atoms with van der Waals surface area (Å²) in [6, 6.07) is 6.41. The maximum absolute atomic E-state index is 12.3. The van der Waals surface area contributed by atoms with Crippen LogP contribution in [0.1, 0.15) is 30.1 Å². The second kappa shape index (κ2) is 7.76. The molecule has 1 aliphatic heterocycles. The zero-order valence-corrected chi connectivity index (χ0v) is 14.6. The van der Waals surface area contributed by atoms with E-state index in [0.717, 1.165) is 6.26 Å². The number of benzene rings is 1. The first-order chi connectivity index (χ1) is 11.3. The number of rotatable bonds is 5. The van der Waals surface area contributed by atoms with Gasteiger partial charge < -0.3 is 10.1 Å². The zero-order chi connectivity index (χ0) is 17.7. The van der Waals surface area contributed by atoms with Crippen LogP contribution in [0.15, 0.2) is 24.3 Å². The second-order valence-corrected chi connectivity index (χ2v) is 7.73. The highest BCUT2D eigenvalue weighted by molar-refractivity contribution is 7.88. The highest BCUT2D eigenvalue weighted by Crippen LogP contribution is 2.21. The van der Waals surface area contributed by atoms with Crippen molar-refractivity contribution in [2.75, 3.05) is 31.3 Å². The van der Waals surface area contributed by atoms with E-state index in [1.165, 1.54) is 4.31 Å². The first-order valence-electron chi connectivity index (χ1n) is 7.84. The van der Waals surface area contributed by atoms with Gasteiger partial charge in [0.1, 0.15) is 0 Å². The number of anilines is 1. The Labute approximate surface area is 142 Å². The number of sulfonamides is 1. The Morgan fingerprint density at radius 3 is 2.54 bits per heavy atom. The van der Waals surface area contributed by atoms with Gasteiger partial charge in [0.25, 0.3) is 0 Å². The van der Waals surface area contributed by atoms with Crippen LogP contribution in [0.2, 0.25) is 0 Å². The molecule has 2 rings (SSSR count). The summed E-state index contributed by atoms with van der Waals surface area (Å²) >= 11 is 0. The van der Waals surface area contributed by atoms with Crippen LogP contribution in [0, 0.1) is 5.92 Å². The van der Waals surface area contributed by atoms with Crippen LogP contribution >= 0.6 is 0 Å². The topological polar surface area (TPSA) is 92.8 Å². The van der Waals surface area contributed by atoms with E-state index in [4.69, 9.17) is 4.74 Å². The van der Waals surface area contributed by atoms with Crippen LogP contribution in [0.5, 0.6) is 0 Å². The van der Waals surface area contributed by atoms with Gasteiger partial charge in [-0.15, -0.1) is 0 Å². The van der Waals surface area contributed by atoms with Crippen LogP contribution in [0.25, 0.3) is 0 Å². The van der Waals surface area contributed by atoms with E-state index in [1.54, 1.807) is 31.2 Å². The van der Waals surface area contributed by atoms with Crippen molar-refractivity contribution < 1.29 is 22.7 Å². The molecule has 1 aliphatic rings. The number of amides is 1. The molecule has 0 radical (unpaired) electrons. The SMILES string of the molecule is CCOC(=O)c1ccc(NC(=O)[C@H]2CCCN(S(C)(=O)=O)C2)cc1. The highest BCUT2D eigenvalue weighted by atomic mass is 32.2. The molecular formula is C16H22N2O5S. The van der Waals surface area contributed by atoms with Crippen LogP contribution < -0.4 is 5.32 Å². The van der Waals surface area contributed by atoms with Crippen molar-refractivity contribution in [2.24, 2.45) is 5.92 Å². The van der Waals surface area contributed by atoms with E-state index in [-0.39, 0.29) is 18.4 Å². The number of ether oxygens (including phenoxy) is 1. The molecule has 1 N–H and O–H groups in total. The van der Waals surface area contributed by atoms with Crippen LogP contribution in [-0.4, -0.2) is 50.6 Å². The lowest BCUT2D eigenvalue weighted by atomic mass is 9.98. The van der Waals surface area contributed by atoms with Crippen molar-refractivity contribution >= 4 is 27.6 Å². The average Bonchev–Trinajstić information content (AvgIpc) is 2.55. The van der Waals surface area contributed by atoms with Gasteiger partial charge in [-0.2, -0.15) is 0 Å². The van der Waals surface area contributed by atoms with E-state index in [0.29, 0.717) is 37.2 Å². The molecule has 0 aromatic heterocycles. The lowest BCUT2D eigenvalue weighted by Gasteiger charge is -2.30. The number of nitrogens with zero attached hydrogens (tertiary/aromatic N) is 1. The Bertz CT molecular complexity index is 700. The van der Waals surface area contributed by atoms with Gasteiger partial charge in [0.05, 0.1) is 24.3 Å². The smallest absolute Gasteiger partial charge is 0.338 e. The monoisotopic (exact) mass is 354 g/mol.